The lowest BCUT2D eigenvalue weighted by molar-refractivity contribution is -0.122. The summed E-state index contributed by atoms with van der Waals surface area (Å²) in [7, 11) is 5.32. The third-order valence-electron chi connectivity index (χ3n) is 5.85. The minimum Gasteiger partial charge on any atom is -0.454 e. The number of aromatic nitrogens is 1. The molecule has 1 atom stereocenters. The zero-order valence-electron chi connectivity index (χ0n) is 21.1. The van der Waals surface area contributed by atoms with Crippen LogP contribution < -0.4 is 36.1 Å². The van der Waals surface area contributed by atoms with E-state index in [1.165, 1.54) is 12.0 Å². The number of nitrogens with zero attached hydrogens (tertiary/aromatic N) is 3. The number of hydrogen-bond acceptors (Lipinski definition) is 10. The molecule has 1 aliphatic rings. The largest absolute Gasteiger partial charge is 0.454 e. The van der Waals surface area contributed by atoms with E-state index in [1.54, 1.807) is 30.3 Å². The molecule has 1 aromatic heterocycles. The number of carbonyl (C=O) groups is 3. The Labute approximate surface area is 223 Å². The molecule has 13 heteroatoms. The second-order valence-electron chi connectivity index (χ2n) is 8.52. The highest BCUT2D eigenvalue weighted by Crippen LogP contribution is 2.40. The average molecular weight is 541 g/mol. The smallest absolute Gasteiger partial charge is 0.273 e. The van der Waals surface area contributed by atoms with Gasteiger partial charge in [-0.3, -0.25) is 19.3 Å². The molecule has 3 aromatic rings. The Morgan fingerprint density at radius 2 is 1.79 bits per heavy atom. The highest BCUT2D eigenvalue weighted by atomic mass is 32.1. The van der Waals surface area contributed by atoms with Crippen LogP contribution in [0, 0.1) is 0 Å². The van der Waals surface area contributed by atoms with Crippen molar-refractivity contribution >= 4 is 46.3 Å². The van der Waals surface area contributed by atoms with E-state index >= 15 is 0 Å². The maximum Gasteiger partial charge on any atom is 0.273 e. The summed E-state index contributed by atoms with van der Waals surface area (Å²) in [5.74, 6) is -1.04. The third kappa shape index (κ3) is 5.33. The van der Waals surface area contributed by atoms with Gasteiger partial charge in [-0.25, -0.2) is 0 Å². The Bertz CT molecular complexity index is 1340. The van der Waals surface area contributed by atoms with E-state index in [0.717, 1.165) is 17.2 Å². The molecule has 0 saturated heterocycles. The molecule has 3 amide bonds. The van der Waals surface area contributed by atoms with E-state index in [1.807, 2.05) is 31.1 Å². The molecule has 2 heterocycles. The molecule has 0 unspecified atom stereocenters. The van der Waals surface area contributed by atoms with E-state index in [-0.39, 0.29) is 36.2 Å². The summed E-state index contributed by atoms with van der Waals surface area (Å²) in [5, 5.41) is 2.82. The van der Waals surface area contributed by atoms with Gasteiger partial charge in [0.25, 0.3) is 11.8 Å². The summed E-state index contributed by atoms with van der Waals surface area (Å²) in [6.07, 6.45) is 0. The highest BCUT2D eigenvalue weighted by molar-refractivity contribution is 7.09. The minimum absolute atomic E-state index is 0.0312. The van der Waals surface area contributed by atoms with Gasteiger partial charge in [0.15, 0.2) is 17.2 Å². The predicted octanol–water partition coefficient (Wildman–Crippen LogP) is 1.77. The molecule has 0 bridgehead atoms. The fraction of sp³-hybridized carbons (Fsp3) is 0.280. The summed E-state index contributed by atoms with van der Waals surface area (Å²) in [6.45, 7) is 0.530. The average Bonchev–Trinajstić information content (AvgIpc) is 3.53. The number of primary amides is 1. The van der Waals surface area contributed by atoms with Crippen LogP contribution in [0.2, 0.25) is 0 Å². The number of nitrogen functional groups attached to an aromatic ring is 1. The maximum atomic E-state index is 14.1. The van der Waals surface area contributed by atoms with Gasteiger partial charge in [0, 0.05) is 45.2 Å². The molecule has 0 radical (unpaired) electrons. The van der Waals surface area contributed by atoms with Gasteiger partial charge in [-0.1, -0.05) is 12.1 Å². The summed E-state index contributed by atoms with van der Waals surface area (Å²) < 4.78 is 20.0. The number of nitrogens with one attached hydrogen (secondary N) is 1. The molecule has 1 aliphatic heterocycles. The molecule has 2 aromatic carbocycles. The zero-order chi connectivity index (χ0) is 27.4. The van der Waals surface area contributed by atoms with Gasteiger partial charge in [0.2, 0.25) is 12.7 Å². The second kappa shape index (κ2) is 11.4. The molecule has 0 spiro atoms. The molecule has 38 heavy (non-hydrogen) atoms. The van der Waals surface area contributed by atoms with Gasteiger partial charge >= 0.3 is 0 Å². The van der Waals surface area contributed by atoms with Gasteiger partial charge in [0.05, 0.1) is 12.3 Å². The molecular formula is C25H28N6O6S. The quantitative estimate of drug-likeness (QED) is 0.325. The molecule has 200 valence electrons. The van der Waals surface area contributed by atoms with Gasteiger partial charge < -0.3 is 35.9 Å². The summed E-state index contributed by atoms with van der Waals surface area (Å²) in [4.78, 5) is 42.7. The molecule has 0 fully saturated rings. The van der Waals surface area contributed by atoms with Crippen molar-refractivity contribution in [2.75, 3.05) is 56.7 Å². The van der Waals surface area contributed by atoms with Crippen LogP contribution in [0.5, 0.6) is 11.5 Å². The standard InChI is InChI=1S/C25H28N6O6S/c1-30(2)15-6-4-14(5-7-15)21(24(33)28-10-11-35-3)31(16-8-9-17-18(12-16)37-13-36-17)25(34)22-19(26)20(23(27)32)29-38-22/h4-9,12,21H,10-11,13,26H2,1-3H3,(H2,27,32)(H,28,33)/t21-/m1/s1. The van der Waals surface area contributed by atoms with Crippen LogP contribution in [-0.2, 0) is 9.53 Å². The number of amides is 3. The van der Waals surface area contributed by atoms with Crippen molar-refractivity contribution in [3.8, 4) is 11.5 Å². The van der Waals surface area contributed by atoms with Crippen molar-refractivity contribution in [3.05, 3.63) is 58.6 Å². The van der Waals surface area contributed by atoms with E-state index < -0.39 is 23.8 Å². The molecule has 4 rings (SSSR count). The van der Waals surface area contributed by atoms with Crippen LogP contribution in [-0.4, -0.2) is 63.2 Å². The van der Waals surface area contributed by atoms with E-state index in [9.17, 15) is 14.4 Å². The normalized spacial score (nSPS) is 12.6. The van der Waals surface area contributed by atoms with Crippen molar-refractivity contribution in [1.82, 2.24) is 9.69 Å². The Hall–Kier alpha value is -4.36. The Kier molecular flexibility index (Phi) is 7.98. The zero-order valence-corrected chi connectivity index (χ0v) is 21.9. The third-order valence-corrected chi connectivity index (χ3v) is 6.70. The first-order valence-corrected chi connectivity index (χ1v) is 12.3. The number of methoxy groups -OCH3 is 1. The number of benzene rings is 2. The van der Waals surface area contributed by atoms with Crippen molar-refractivity contribution in [2.24, 2.45) is 5.73 Å². The van der Waals surface area contributed by atoms with E-state index in [2.05, 4.69) is 9.69 Å². The van der Waals surface area contributed by atoms with E-state index in [4.69, 9.17) is 25.7 Å². The van der Waals surface area contributed by atoms with Crippen LogP contribution in [0.15, 0.2) is 42.5 Å². The number of ether oxygens (including phenoxy) is 3. The Morgan fingerprint density at radius 1 is 1.11 bits per heavy atom. The first kappa shape index (κ1) is 26.7. The SMILES string of the molecule is COCCNC(=O)[C@@H](c1ccc(N(C)C)cc1)N(C(=O)c1snc(C(N)=O)c1N)c1ccc2c(c1)OCO2. The van der Waals surface area contributed by atoms with Crippen molar-refractivity contribution < 1.29 is 28.6 Å². The molecule has 0 saturated carbocycles. The van der Waals surface area contributed by atoms with Crippen LogP contribution in [0.3, 0.4) is 0 Å². The number of hydrogen-bond donors (Lipinski definition) is 3. The predicted molar refractivity (Wildman–Crippen MR) is 143 cm³/mol. The minimum atomic E-state index is -1.13. The molecule has 0 aliphatic carbocycles. The summed E-state index contributed by atoms with van der Waals surface area (Å²) >= 11 is 0.732. The van der Waals surface area contributed by atoms with Crippen LogP contribution in [0.25, 0.3) is 0 Å². The number of fused-ring (bicyclic) bond motifs is 1. The lowest BCUT2D eigenvalue weighted by atomic mass is 10.0. The highest BCUT2D eigenvalue weighted by Gasteiger charge is 2.36. The van der Waals surface area contributed by atoms with Gasteiger partial charge in [-0.15, -0.1) is 0 Å². The second-order valence-corrected chi connectivity index (χ2v) is 9.30. The van der Waals surface area contributed by atoms with Gasteiger partial charge in [-0.2, -0.15) is 4.37 Å². The van der Waals surface area contributed by atoms with Crippen molar-refractivity contribution in [1.29, 1.82) is 0 Å². The first-order valence-electron chi connectivity index (χ1n) is 11.5. The topological polar surface area (TPSA) is 162 Å². The first-order chi connectivity index (χ1) is 18.2. The Morgan fingerprint density at radius 3 is 2.42 bits per heavy atom. The lowest BCUT2D eigenvalue weighted by Gasteiger charge is -2.31. The fourth-order valence-electron chi connectivity index (χ4n) is 3.90. The van der Waals surface area contributed by atoms with Crippen molar-refractivity contribution in [3.63, 3.8) is 0 Å². The van der Waals surface area contributed by atoms with Crippen molar-refractivity contribution in [2.45, 2.75) is 6.04 Å². The van der Waals surface area contributed by atoms with E-state index in [0.29, 0.717) is 22.7 Å². The van der Waals surface area contributed by atoms with Gasteiger partial charge in [0.1, 0.15) is 10.9 Å². The number of nitrogens with two attached hydrogens (primary N) is 2. The lowest BCUT2D eigenvalue weighted by Crippen LogP contribution is -2.44. The van der Waals surface area contributed by atoms with Crippen LogP contribution in [0.4, 0.5) is 17.1 Å². The molecule has 5 N–H and O–H groups in total. The van der Waals surface area contributed by atoms with Gasteiger partial charge in [-0.05, 0) is 41.4 Å². The summed E-state index contributed by atoms with van der Waals surface area (Å²) in [5.41, 5.74) is 12.9. The molecular weight excluding hydrogens is 512 g/mol. The summed E-state index contributed by atoms with van der Waals surface area (Å²) in [6, 6.07) is 11.0. The molecule has 12 nitrogen and oxygen atoms in total. The fourth-order valence-corrected chi connectivity index (χ4v) is 4.64. The number of rotatable bonds is 10. The monoisotopic (exact) mass is 540 g/mol. The number of anilines is 3. The van der Waals surface area contributed by atoms with Crippen LogP contribution in [0.1, 0.15) is 31.8 Å². The Balaban J connectivity index is 1.86. The maximum absolute atomic E-state index is 14.1. The number of carbonyl (C=O) groups excluding carboxylic acids is 3. The van der Waals surface area contributed by atoms with Crippen LogP contribution >= 0.6 is 11.5 Å².